The van der Waals surface area contributed by atoms with Gasteiger partial charge < -0.3 is 10.1 Å². The van der Waals surface area contributed by atoms with Crippen LogP contribution >= 0.6 is 61.1 Å². The molecule has 0 unspecified atom stereocenters. The first kappa shape index (κ1) is 23.0. The molecule has 0 saturated heterocycles. The van der Waals surface area contributed by atoms with Crippen molar-refractivity contribution in [1.29, 1.82) is 0 Å². The van der Waals surface area contributed by atoms with Gasteiger partial charge in [-0.1, -0.05) is 46.3 Å². The molecule has 3 rings (SSSR count). The van der Waals surface area contributed by atoms with Gasteiger partial charge in [0.1, 0.15) is 12.4 Å². The fourth-order valence-corrected chi connectivity index (χ4v) is 4.88. The van der Waals surface area contributed by atoms with Gasteiger partial charge in [0.2, 0.25) is 0 Å². The summed E-state index contributed by atoms with van der Waals surface area (Å²) in [4.78, 5) is 12.0. The Kier molecular flexibility index (Phi) is 8.94. The first-order valence-electron chi connectivity index (χ1n) is 8.98. The smallest absolute Gasteiger partial charge is 0.259 e. The summed E-state index contributed by atoms with van der Waals surface area (Å²) in [6.45, 7) is 0.655. The summed E-state index contributed by atoms with van der Waals surface area (Å²) in [5.74, 6) is 0.626. The zero-order valence-electron chi connectivity index (χ0n) is 15.7. The molecule has 8 heteroatoms. The Morgan fingerprint density at radius 3 is 2.37 bits per heavy atom. The molecule has 1 amide bonds. The lowest BCUT2D eigenvalue weighted by Crippen LogP contribution is -2.25. The molecule has 0 fully saturated rings. The number of nitrogens with zero attached hydrogens (tertiary/aromatic N) is 1. The van der Waals surface area contributed by atoms with Crippen molar-refractivity contribution in [3.8, 4) is 5.75 Å². The predicted molar refractivity (Wildman–Crippen MR) is 141 cm³/mol. The number of rotatable bonds is 8. The highest BCUT2D eigenvalue weighted by Gasteiger charge is 2.09. The van der Waals surface area contributed by atoms with Crippen molar-refractivity contribution < 1.29 is 9.53 Å². The molecule has 0 aliphatic heterocycles. The van der Waals surface area contributed by atoms with Crippen LogP contribution < -0.4 is 15.5 Å². The fourth-order valence-electron chi connectivity index (χ4n) is 2.49. The Bertz CT molecular complexity index is 1010. The van der Waals surface area contributed by atoms with Crippen molar-refractivity contribution in [1.82, 2.24) is 5.43 Å². The maximum atomic E-state index is 12.0. The number of benzene rings is 3. The number of hydrogen-bond acceptors (Lipinski definition) is 4. The van der Waals surface area contributed by atoms with E-state index in [9.17, 15) is 4.79 Å². The van der Waals surface area contributed by atoms with Gasteiger partial charge in [-0.3, -0.25) is 4.79 Å². The van der Waals surface area contributed by atoms with E-state index in [1.165, 1.54) is 0 Å². The summed E-state index contributed by atoms with van der Waals surface area (Å²) in [7, 11) is 0. The number of ether oxygens (including phenoxy) is 1. The molecule has 0 saturated carbocycles. The average Bonchev–Trinajstić information content (AvgIpc) is 2.73. The van der Waals surface area contributed by atoms with Gasteiger partial charge in [-0.25, -0.2) is 5.43 Å². The number of hydrazone groups is 1. The molecule has 3 aromatic carbocycles. The topological polar surface area (TPSA) is 62.7 Å². The normalized spacial score (nSPS) is 10.8. The van der Waals surface area contributed by atoms with Crippen LogP contribution in [0.15, 0.2) is 76.3 Å². The number of anilines is 1. The van der Waals surface area contributed by atoms with E-state index < -0.39 is 0 Å². The second-order valence-corrected chi connectivity index (χ2v) is 9.48. The molecule has 0 radical (unpaired) electrons. The number of carbonyl (C=O) groups is 1. The Morgan fingerprint density at radius 2 is 1.70 bits per heavy atom. The van der Waals surface area contributed by atoms with Gasteiger partial charge >= 0.3 is 0 Å². The Hall–Kier alpha value is -1.66. The quantitative estimate of drug-likeness (QED) is 0.179. The van der Waals surface area contributed by atoms with Gasteiger partial charge in [-0.2, -0.15) is 5.10 Å². The molecule has 0 heterocycles. The summed E-state index contributed by atoms with van der Waals surface area (Å²) < 4.78 is 8.95. The van der Waals surface area contributed by atoms with Gasteiger partial charge in [0, 0.05) is 10.2 Å². The van der Waals surface area contributed by atoms with Crippen LogP contribution in [0.3, 0.4) is 0 Å². The van der Waals surface area contributed by atoms with Gasteiger partial charge in [0.05, 0.1) is 19.9 Å². The van der Waals surface area contributed by atoms with Crippen molar-refractivity contribution in [3.63, 3.8) is 0 Å². The van der Waals surface area contributed by atoms with Crippen LogP contribution in [-0.4, -0.2) is 18.7 Å². The lowest BCUT2D eigenvalue weighted by atomic mass is 10.2. The summed E-state index contributed by atoms with van der Waals surface area (Å²) in [6, 6.07) is 21.6. The highest BCUT2D eigenvalue weighted by Crippen LogP contribution is 2.29. The third-order valence-corrected chi connectivity index (χ3v) is 6.08. The van der Waals surface area contributed by atoms with E-state index >= 15 is 0 Å². The Labute approximate surface area is 211 Å². The van der Waals surface area contributed by atoms with E-state index in [-0.39, 0.29) is 12.5 Å². The van der Waals surface area contributed by atoms with E-state index in [2.05, 4.69) is 77.0 Å². The molecule has 30 heavy (non-hydrogen) atoms. The van der Waals surface area contributed by atoms with E-state index in [4.69, 9.17) is 4.74 Å². The highest BCUT2D eigenvalue weighted by atomic mass is 127. The molecule has 0 bridgehead atoms. The van der Waals surface area contributed by atoms with Crippen LogP contribution in [0.2, 0.25) is 0 Å². The summed E-state index contributed by atoms with van der Waals surface area (Å²) in [6.07, 6.45) is 1.63. The molecule has 0 aromatic heterocycles. The van der Waals surface area contributed by atoms with Crippen LogP contribution in [-0.2, 0) is 11.4 Å². The lowest BCUT2D eigenvalue weighted by molar-refractivity contribution is -0.119. The minimum atomic E-state index is -0.221. The SMILES string of the molecule is O=C(CNc1ccc(Br)cc1)N/N=C\c1cc(I)c(OCc2ccccc2)c(I)c1. The molecule has 3 aromatic rings. The largest absolute Gasteiger partial charge is 0.487 e. The van der Waals surface area contributed by atoms with Gasteiger partial charge in [0.25, 0.3) is 5.91 Å². The van der Waals surface area contributed by atoms with E-state index in [0.717, 1.165) is 34.2 Å². The third-order valence-electron chi connectivity index (χ3n) is 3.95. The highest BCUT2D eigenvalue weighted by molar-refractivity contribution is 14.1. The average molecular weight is 690 g/mol. The van der Waals surface area contributed by atoms with E-state index in [1.807, 2.05) is 66.7 Å². The first-order chi connectivity index (χ1) is 14.5. The van der Waals surface area contributed by atoms with Gasteiger partial charge in [-0.15, -0.1) is 0 Å². The monoisotopic (exact) mass is 689 g/mol. The van der Waals surface area contributed by atoms with Crippen molar-refractivity contribution in [3.05, 3.63) is 89.5 Å². The summed E-state index contributed by atoms with van der Waals surface area (Å²) in [5.41, 5.74) is 5.41. The fraction of sp³-hybridized carbons (Fsp3) is 0.0909. The standard InChI is InChI=1S/C22H18BrI2N3O2/c23-17-6-8-18(9-7-17)26-13-21(29)28-27-12-16-10-19(24)22(20(25)11-16)30-14-15-4-2-1-3-5-15/h1-12,26H,13-14H2,(H,28,29)/b27-12-. The minimum Gasteiger partial charge on any atom is -0.487 e. The van der Waals surface area contributed by atoms with Crippen LogP contribution in [0.25, 0.3) is 0 Å². The molecule has 5 nitrogen and oxygen atoms in total. The van der Waals surface area contributed by atoms with Crippen LogP contribution in [0.4, 0.5) is 5.69 Å². The molecule has 0 spiro atoms. The van der Waals surface area contributed by atoms with Crippen LogP contribution in [0.5, 0.6) is 5.75 Å². The molecule has 154 valence electrons. The number of amides is 1. The van der Waals surface area contributed by atoms with Crippen LogP contribution in [0.1, 0.15) is 11.1 Å². The third kappa shape index (κ3) is 7.24. The second-order valence-electron chi connectivity index (χ2n) is 6.24. The lowest BCUT2D eigenvalue weighted by Gasteiger charge is -2.11. The first-order valence-corrected chi connectivity index (χ1v) is 11.9. The Balaban J connectivity index is 1.52. The molecular formula is C22H18BrI2N3O2. The number of halogens is 3. The minimum absolute atomic E-state index is 0.139. The van der Waals surface area contributed by atoms with Crippen molar-refractivity contribution in [2.75, 3.05) is 11.9 Å². The number of carbonyl (C=O) groups excluding carboxylic acids is 1. The number of hydrogen-bond donors (Lipinski definition) is 2. The van der Waals surface area contributed by atoms with Crippen molar-refractivity contribution >= 4 is 78.9 Å². The predicted octanol–water partition coefficient (Wildman–Crippen LogP) is 5.80. The molecule has 0 aliphatic carbocycles. The Morgan fingerprint density at radius 1 is 1.03 bits per heavy atom. The zero-order chi connectivity index (χ0) is 21.3. The second kappa shape index (κ2) is 11.7. The summed E-state index contributed by atoms with van der Waals surface area (Å²) in [5, 5.41) is 7.10. The molecule has 0 aliphatic rings. The summed E-state index contributed by atoms with van der Waals surface area (Å²) >= 11 is 7.88. The maximum absolute atomic E-state index is 12.0. The van der Waals surface area contributed by atoms with Gasteiger partial charge in [-0.05, 0) is 92.7 Å². The van der Waals surface area contributed by atoms with Crippen molar-refractivity contribution in [2.45, 2.75) is 6.61 Å². The molecular weight excluding hydrogens is 672 g/mol. The van der Waals surface area contributed by atoms with Gasteiger partial charge in [0.15, 0.2) is 0 Å². The number of nitrogens with one attached hydrogen (secondary N) is 2. The van der Waals surface area contributed by atoms with E-state index in [1.54, 1.807) is 6.21 Å². The van der Waals surface area contributed by atoms with Crippen LogP contribution in [0, 0.1) is 7.14 Å². The maximum Gasteiger partial charge on any atom is 0.259 e. The van der Waals surface area contributed by atoms with E-state index in [0.29, 0.717) is 6.61 Å². The van der Waals surface area contributed by atoms with Crippen molar-refractivity contribution in [2.24, 2.45) is 5.10 Å². The molecule has 0 atom stereocenters. The zero-order valence-corrected chi connectivity index (χ0v) is 21.6. The molecule has 2 N–H and O–H groups in total.